The number of tetrazole rings is 1. The summed E-state index contributed by atoms with van der Waals surface area (Å²) in [6, 6.07) is 9.18. The van der Waals surface area contributed by atoms with Gasteiger partial charge < -0.3 is 35.3 Å². The average molecular weight is 494 g/mol. The highest BCUT2D eigenvalue weighted by molar-refractivity contribution is 5.90. The van der Waals surface area contributed by atoms with Gasteiger partial charge in [-0.1, -0.05) is 18.2 Å². The van der Waals surface area contributed by atoms with Crippen molar-refractivity contribution in [3.05, 3.63) is 36.2 Å². The van der Waals surface area contributed by atoms with Gasteiger partial charge in [-0.15, -0.1) is 15.0 Å². The average Bonchev–Trinajstić information content (AvgIpc) is 3.38. The van der Waals surface area contributed by atoms with E-state index < -0.39 is 5.91 Å². The zero-order chi connectivity index (χ0) is 25.0. The van der Waals surface area contributed by atoms with Crippen molar-refractivity contribution < 1.29 is 28.5 Å². The maximum Gasteiger partial charge on any atom is 0.292 e. The van der Waals surface area contributed by atoms with Crippen LogP contribution in [0.2, 0.25) is 0 Å². The third-order valence-electron chi connectivity index (χ3n) is 4.42. The van der Waals surface area contributed by atoms with Gasteiger partial charge in [0.1, 0.15) is 0 Å². The Hall–Kier alpha value is -2.97. The van der Waals surface area contributed by atoms with Gasteiger partial charge in [-0.05, 0) is 23.8 Å². The second-order valence-electron chi connectivity index (χ2n) is 7.19. The molecule has 13 nitrogen and oxygen atoms in total. The molecule has 1 aromatic carbocycles. The number of ether oxygens (including phenoxy) is 4. The molecule has 1 heterocycles. The Labute approximate surface area is 204 Å². The molecule has 0 atom stereocenters. The van der Waals surface area contributed by atoms with Gasteiger partial charge in [-0.25, -0.2) is 0 Å². The lowest BCUT2D eigenvalue weighted by Gasteiger charge is -2.08. The molecule has 0 bridgehead atoms. The van der Waals surface area contributed by atoms with E-state index in [0.29, 0.717) is 84.6 Å². The molecule has 0 aliphatic heterocycles. The number of hydrogen-bond donors (Lipinski definition) is 3. The minimum atomic E-state index is -0.419. The van der Waals surface area contributed by atoms with Crippen molar-refractivity contribution in [3.63, 3.8) is 0 Å². The molecule has 0 fully saturated rings. The van der Waals surface area contributed by atoms with Gasteiger partial charge in [0.15, 0.2) is 0 Å². The van der Waals surface area contributed by atoms with Crippen LogP contribution in [-0.4, -0.2) is 105 Å². The molecule has 0 saturated carbocycles. The predicted octanol–water partition coefficient (Wildman–Crippen LogP) is -0.686. The van der Waals surface area contributed by atoms with Gasteiger partial charge in [0.25, 0.3) is 11.7 Å². The van der Waals surface area contributed by atoms with Crippen molar-refractivity contribution in [2.75, 3.05) is 72.5 Å². The fourth-order valence-electron chi connectivity index (χ4n) is 2.67. The van der Waals surface area contributed by atoms with E-state index >= 15 is 0 Å². The van der Waals surface area contributed by atoms with Crippen molar-refractivity contribution in [2.45, 2.75) is 12.8 Å². The Bertz CT molecular complexity index is 837. The Morgan fingerprint density at radius 2 is 1.43 bits per heavy atom. The highest BCUT2D eigenvalue weighted by Crippen LogP contribution is 2.02. The lowest BCUT2D eigenvalue weighted by molar-refractivity contribution is -0.122. The van der Waals surface area contributed by atoms with E-state index in [0.717, 1.165) is 0 Å². The summed E-state index contributed by atoms with van der Waals surface area (Å²) >= 11 is 0. The molecule has 0 aliphatic rings. The Kier molecular flexibility index (Phi) is 14.8. The number of rotatable bonds is 20. The van der Waals surface area contributed by atoms with Crippen LogP contribution in [0.5, 0.6) is 0 Å². The number of hydrogen-bond acceptors (Lipinski definition) is 10. The summed E-state index contributed by atoms with van der Waals surface area (Å²) in [6.45, 7) is 4.98. The number of nitrogens with zero attached hydrogens (tertiary/aromatic N) is 4. The molecule has 0 saturated heterocycles. The van der Waals surface area contributed by atoms with Crippen LogP contribution in [0.15, 0.2) is 30.3 Å². The van der Waals surface area contributed by atoms with Gasteiger partial charge in [0, 0.05) is 26.1 Å². The maximum absolute atomic E-state index is 12.1. The number of amides is 2. The van der Waals surface area contributed by atoms with E-state index in [1.165, 1.54) is 4.80 Å². The standard InChI is InChI=1S/C22H35N7O6/c23-8-12-33-14-16-35-18-17-34-15-13-32-11-7-20(30)24-9-4-10-25-22(31)21-26-28-29(27-21)19-5-2-1-3-6-19/h1-3,5-6H,4,7-18,23H2,(H,24,30)(H,25,31). The molecule has 4 N–H and O–H groups in total. The molecule has 0 unspecified atom stereocenters. The first-order valence-electron chi connectivity index (χ1n) is 11.6. The fourth-order valence-corrected chi connectivity index (χ4v) is 2.67. The van der Waals surface area contributed by atoms with Crippen LogP contribution >= 0.6 is 0 Å². The zero-order valence-corrected chi connectivity index (χ0v) is 19.9. The van der Waals surface area contributed by atoms with Crippen molar-refractivity contribution >= 4 is 11.8 Å². The van der Waals surface area contributed by atoms with Crippen LogP contribution in [0.4, 0.5) is 0 Å². The Morgan fingerprint density at radius 3 is 2.09 bits per heavy atom. The first-order valence-corrected chi connectivity index (χ1v) is 11.6. The maximum atomic E-state index is 12.1. The lowest BCUT2D eigenvalue weighted by atomic mass is 10.3. The van der Waals surface area contributed by atoms with E-state index in [2.05, 4.69) is 26.0 Å². The number of para-hydroxylation sites is 1. The molecular weight excluding hydrogens is 458 g/mol. The number of benzene rings is 1. The molecule has 35 heavy (non-hydrogen) atoms. The number of nitrogens with one attached hydrogen (secondary N) is 2. The minimum Gasteiger partial charge on any atom is -0.379 e. The summed E-state index contributed by atoms with van der Waals surface area (Å²) in [5.74, 6) is -0.549. The summed E-state index contributed by atoms with van der Waals surface area (Å²) in [7, 11) is 0. The highest BCUT2D eigenvalue weighted by Gasteiger charge is 2.12. The summed E-state index contributed by atoms with van der Waals surface area (Å²) < 4.78 is 21.3. The summed E-state index contributed by atoms with van der Waals surface area (Å²) in [6.07, 6.45) is 0.824. The first-order chi connectivity index (χ1) is 17.2. The van der Waals surface area contributed by atoms with Crippen molar-refractivity contribution in [3.8, 4) is 5.69 Å². The Balaban J connectivity index is 1.39. The van der Waals surface area contributed by atoms with Gasteiger partial charge in [0.2, 0.25) is 5.91 Å². The SMILES string of the molecule is NCCOCCOCCOCCOCCC(=O)NCCCNC(=O)c1nnn(-c2ccccc2)n1. The summed E-state index contributed by atoms with van der Waals surface area (Å²) in [5, 5.41) is 17.2. The number of aromatic nitrogens is 4. The largest absolute Gasteiger partial charge is 0.379 e. The van der Waals surface area contributed by atoms with Crippen molar-refractivity contribution in [1.29, 1.82) is 0 Å². The quantitative estimate of drug-likeness (QED) is 0.201. The molecule has 194 valence electrons. The third kappa shape index (κ3) is 12.9. The van der Waals surface area contributed by atoms with E-state index in [9.17, 15) is 9.59 Å². The second kappa shape index (κ2) is 18.4. The lowest BCUT2D eigenvalue weighted by Crippen LogP contribution is -2.30. The van der Waals surface area contributed by atoms with Crippen LogP contribution in [-0.2, 0) is 23.7 Å². The van der Waals surface area contributed by atoms with E-state index in [4.69, 9.17) is 24.7 Å². The van der Waals surface area contributed by atoms with Gasteiger partial charge in [-0.3, -0.25) is 9.59 Å². The first kappa shape index (κ1) is 28.3. The van der Waals surface area contributed by atoms with Crippen LogP contribution in [0, 0.1) is 0 Å². The molecular formula is C22H35N7O6. The fraction of sp³-hybridized carbons (Fsp3) is 0.591. The second-order valence-corrected chi connectivity index (χ2v) is 7.19. The van der Waals surface area contributed by atoms with Gasteiger partial charge >= 0.3 is 0 Å². The monoisotopic (exact) mass is 493 g/mol. The third-order valence-corrected chi connectivity index (χ3v) is 4.42. The minimum absolute atomic E-state index is 0.0144. The van der Waals surface area contributed by atoms with Crippen LogP contribution < -0.4 is 16.4 Å². The molecule has 0 spiro atoms. The molecule has 2 rings (SSSR count). The summed E-state index contributed by atoms with van der Waals surface area (Å²) in [4.78, 5) is 25.2. The zero-order valence-electron chi connectivity index (χ0n) is 19.9. The van der Waals surface area contributed by atoms with Gasteiger partial charge in [-0.2, -0.15) is 0 Å². The smallest absolute Gasteiger partial charge is 0.292 e. The van der Waals surface area contributed by atoms with Crippen LogP contribution in [0.3, 0.4) is 0 Å². The van der Waals surface area contributed by atoms with Crippen LogP contribution in [0.1, 0.15) is 23.5 Å². The number of carbonyl (C=O) groups is 2. The molecule has 0 radical (unpaired) electrons. The topological polar surface area (TPSA) is 165 Å². The predicted molar refractivity (Wildman–Crippen MR) is 126 cm³/mol. The van der Waals surface area contributed by atoms with Crippen molar-refractivity contribution in [2.24, 2.45) is 5.73 Å². The molecule has 2 amide bonds. The molecule has 13 heteroatoms. The molecule has 2 aromatic rings. The van der Waals surface area contributed by atoms with E-state index in [1.54, 1.807) is 0 Å². The van der Waals surface area contributed by atoms with E-state index in [-0.39, 0.29) is 18.2 Å². The van der Waals surface area contributed by atoms with Crippen LogP contribution in [0.25, 0.3) is 5.69 Å². The normalized spacial score (nSPS) is 10.9. The number of carbonyl (C=O) groups excluding carboxylic acids is 2. The number of nitrogens with two attached hydrogens (primary N) is 1. The van der Waals surface area contributed by atoms with E-state index in [1.807, 2.05) is 30.3 Å². The molecule has 1 aromatic heterocycles. The molecule has 0 aliphatic carbocycles. The van der Waals surface area contributed by atoms with Crippen molar-refractivity contribution in [1.82, 2.24) is 30.8 Å². The highest BCUT2D eigenvalue weighted by atomic mass is 16.6. The summed E-state index contributed by atoms with van der Waals surface area (Å²) in [5.41, 5.74) is 6.02. The van der Waals surface area contributed by atoms with Gasteiger partial charge in [0.05, 0.1) is 58.5 Å². The Morgan fingerprint density at radius 1 is 0.829 bits per heavy atom.